The van der Waals surface area contributed by atoms with Crippen LogP contribution in [0.3, 0.4) is 0 Å². The molecule has 1 fully saturated rings. The maximum atomic E-state index is 13.0. The van der Waals surface area contributed by atoms with E-state index in [2.05, 4.69) is 5.32 Å². The van der Waals surface area contributed by atoms with Gasteiger partial charge in [-0.15, -0.1) is 0 Å². The Labute approximate surface area is 152 Å². The molecular formula is C16H23FN4O4S. The molecule has 0 aliphatic carbocycles. The summed E-state index contributed by atoms with van der Waals surface area (Å²) in [5, 5.41) is 2.43. The zero-order valence-electron chi connectivity index (χ0n) is 14.7. The number of amides is 3. The van der Waals surface area contributed by atoms with Gasteiger partial charge >= 0.3 is 6.03 Å². The summed E-state index contributed by atoms with van der Waals surface area (Å²) in [6.45, 7) is 4.20. The molecule has 0 bridgehead atoms. The summed E-state index contributed by atoms with van der Waals surface area (Å²) >= 11 is 0. The Kier molecular flexibility index (Phi) is 6.19. The minimum atomic E-state index is -3.74. The van der Waals surface area contributed by atoms with E-state index in [1.807, 2.05) is 0 Å². The first-order valence-electron chi connectivity index (χ1n) is 8.23. The first-order valence-corrected chi connectivity index (χ1v) is 9.67. The molecule has 0 spiro atoms. The second-order valence-corrected chi connectivity index (χ2v) is 8.35. The highest BCUT2D eigenvalue weighted by Crippen LogP contribution is 2.19. The average Bonchev–Trinajstić information content (AvgIpc) is 2.59. The van der Waals surface area contributed by atoms with E-state index in [-0.39, 0.29) is 42.9 Å². The summed E-state index contributed by atoms with van der Waals surface area (Å²) in [4.78, 5) is 25.2. The van der Waals surface area contributed by atoms with Crippen molar-refractivity contribution < 1.29 is 22.4 Å². The summed E-state index contributed by atoms with van der Waals surface area (Å²) < 4.78 is 39.4. The lowest BCUT2D eigenvalue weighted by Crippen LogP contribution is -2.57. The van der Waals surface area contributed by atoms with E-state index < -0.39 is 27.9 Å². The number of halogens is 1. The van der Waals surface area contributed by atoms with E-state index in [1.165, 1.54) is 21.3 Å². The van der Waals surface area contributed by atoms with Crippen molar-refractivity contribution in [2.24, 2.45) is 11.7 Å². The van der Waals surface area contributed by atoms with Crippen LogP contribution in [0, 0.1) is 11.7 Å². The molecule has 1 saturated heterocycles. The number of nitrogens with two attached hydrogens (primary N) is 1. The molecule has 1 aromatic carbocycles. The van der Waals surface area contributed by atoms with Gasteiger partial charge in [-0.1, -0.05) is 13.8 Å². The number of nitrogens with zero attached hydrogens (tertiary/aromatic N) is 2. The zero-order chi connectivity index (χ0) is 19.5. The molecule has 1 aromatic rings. The number of carbonyl (C=O) groups is 2. The predicted octanol–water partition coefficient (Wildman–Crippen LogP) is 0.352. The third-order valence-electron chi connectivity index (χ3n) is 4.23. The van der Waals surface area contributed by atoms with Gasteiger partial charge in [-0.3, -0.25) is 4.79 Å². The third-order valence-corrected chi connectivity index (χ3v) is 6.15. The van der Waals surface area contributed by atoms with Crippen molar-refractivity contribution in [1.82, 2.24) is 14.5 Å². The lowest BCUT2D eigenvalue weighted by atomic mass is 10.0. The fraction of sp³-hybridized carbons (Fsp3) is 0.500. The first kappa shape index (κ1) is 20.1. The Balaban J connectivity index is 2.05. The molecule has 3 N–H and O–H groups in total. The molecule has 2 rings (SSSR count). The van der Waals surface area contributed by atoms with Gasteiger partial charge in [-0.25, -0.2) is 17.6 Å². The molecule has 0 saturated carbocycles. The number of hydrogen-bond acceptors (Lipinski definition) is 4. The molecule has 144 valence electrons. The molecule has 1 aliphatic rings. The lowest BCUT2D eigenvalue weighted by Gasteiger charge is -2.36. The lowest BCUT2D eigenvalue weighted by molar-refractivity contribution is -0.135. The fourth-order valence-electron chi connectivity index (χ4n) is 2.77. The van der Waals surface area contributed by atoms with Crippen LogP contribution in [0.2, 0.25) is 0 Å². The number of piperazine rings is 1. The van der Waals surface area contributed by atoms with Gasteiger partial charge in [-0.05, 0) is 30.2 Å². The molecule has 1 aliphatic heterocycles. The summed E-state index contributed by atoms with van der Waals surface area (Å²) in [6.07, 6.45) is 0. The minimum Gasteiger partial charge on any atom is -0.352 e. The van der Waals surface area contributed by atoms with Gasteiger partial charge < -0.3 is 16.0 Å². The summed E-state index contributed by atoms with van der Waals surface area (Å²) in [6, 6.07) is 3.08. The molecule has 1 atom stereocenters. The number of nitrogens with one attached hydrogen (secondary N) is 1. The quantitative estimate of drug-likeness (QED) is 0.760. The zero-order valence-corrected chi connectivity index (χ0v) is 15.5. The van der Waals surface area contributed by atoms with E-state index in [9.17, 15) is 22.4 Å². The van der Waals surface area contributed by atoms with Crippen molar-refractivity contribution >= 4 is 22.0 Å². The van der Waals surface area contributed by atoms with Crippen LogP contribution < -0.4 is 11.1 Å². The second kappa shape index (κ2) is 8.00. The van der Waals surface area contributed by atoms with E-state index in [1.54, 1.807) is 13.8 Å². The minimum absolute atomic E-state index is 0.00845. The van der Waals surface area contributed by atoms with Gasteiger partial charge in [0.25, 0.3) is 0 Å². The monoisotopic (exact) mass is 386 g/mol. The number of benzene rings is 1. The van der Waals surface area contributed by atoms with Gasteiger partial charge in [0.2, 0.25) is 15.9 Å². The van der Waals surface area contributed by atoms with Crippen molar-refractivity contribution in [3.63, 3.8) is 0 Å². The second-order valence-electron chi connectivity index (χ2n) is 6.41. The van der Waals surface area contributed by atoms with Crippen LogP contribution in [0.15, 0.2) is 29.2 Å². The van der Waals surface area contributed by atoms with Crippen molar-refractivity contribution in [2.75, 3.05) is 26.2 Å². The van der Waals surface area contributed by atoms with Crippen LogP contribution in [-0.4, -0.2) is 61.8 Å². The van der Waals surface area contributed by atoms with Gasteiger partial charge in [-0.2, -0.15) is 4.31 Å². The molecular weight excluding hydrogens is 363 g/mol. The summed E-state index contributed by atoms with van der Waals surface area (Å²) in [5.74, 6) is -0.963. The highest BCUT2D eigenvalue weighted by atomic mass is 32.2. The summed E-state index contributed by atoms with van der Waals surface area (Å²) in [5.41, 5.74) is 5.12. The van der Waals surface area contributed by atoms with Crippen LogP contribution in [0.25, 0.3) is 0 Å². The van der Waals surface area contributed by atoms with Crippen LogP contribution in [-0.2, 0) is 14.8 Å². The molecule has 1 unspecified atom stereocenters. The Morgan fingerprint density at radius 3 is 2.12 bits per heavy atom. The molecule has 26 heavy (non-hydrogen) atoms. The fourth-order valence-corrected chi connectivity index (χ4v) is 4.19. The van der Waals surface area contributed by atoms with Crippen LogP contribution in [0.5, 0.6) is 0 Å². The van der Waals surface area contributed by atoms with E-state index in [0.717, 1.165) is 12.1 Å². The predicted molar refractivity (Wildman–Crippen MR) is 93.1 cm³/mol. The van der Waals surface area contributed by atoms with Gasteiger partial charge in [0.05, 0.1) is 4.90 Å². The highest BCUT2D eigenvalue weighted by Gasteiger charge is 2.33. The van der Waals surface area contributed by atoms with Crippen molar-refractivity contribution in [1.29, 1.82) is 0 Å². The third kappa shape index (κ3) is 4.50. The molecule has 1 heterocycles. The number of carbonyl (C=O) groups excluding carboxylic acids is 2. The number of urea groups is 1. The Bertz CT molecular complexity index is 759. The SMILES string of the molecule is CC(C)C(NC(N)=O)C(=O)N1CCN(S(=O)(=O)c2ccc(F)cc2)CC1. The number of sulfonamides is 1. The average molecular weight is 386 g/mol. The molecule has 0 aromatic heterocycles. The molecule has 8 nitrogen and oxygen atoms in total. The van der Waals surface area contributed by atoms with E-state index in [0.29, 0.717) is 0 Å². The molecule has 10 heteroatoms. The first-order chi connectivity index (χ1) is 12.1. The van der Waals surface area contributed by atoms with Crippen molar-refractivity contribution in [3.8, 4) is 0 Å². The molecule has 0 radical (unpaired) electrons. The van der Waals surface area contributed by atoms with Crippen LogP contribution in [0.4, 0.5) is 9.18 Å². The smallest absolute Gasteiger partial charge is 0.312 e. The van der Waals surface area contributed by atoms with Gasteiger partial charge in [0.15, 0.2) is 0 Å². The van der Waals surface area contributed by atoms with Crippen LogP contribution >= 0.6 is 0 Å². The number of hydrogen-bond donors (Lipinski definition) is 2. The largest absolute Gasteiger partial charge is 0.352 e. The van der Waals surface area contributed by atoms with Crippen molar-refractivity contribution in [3.05, 3.63) is 30.1 Å². The van der Waals surface area contributed by atoms with Crippen molar-refractivity contribution in [2.45, 2.75) is 24.8 Å². The highest BCUT2D eigenvalue weighted by molar-refractivity contribution is 7.89. The Morgan fingerprint density at radius 2 is 1.65 bits per heavy atom. The van der Waals surface area contributed by atoms with E-state index >= 15 is 0 Å². The topological polar surface area (TPSA) is 113 Å². The summed E-state index contributed by atoms with van der Waals surface area (Å²) in [7, 11) is -3.74. The normalized spacial score (nSPS) is 17.2. The Hall–Kier alpha value is -2.20. The van der Waals surface area contributed by atoms with E-state index in [4.69, 9.17) is 5.73 Å². The Morgan fingerprint density at radius 1 is 1.12 bits per heavy atom. The number of rotatable bonds is 5. The van der Waals surface area contributed by atoms with Crippen LogP contribution in [0.1, 0.15) is 13.8 Å². The van der Waals surface area contributed by atoms with Gasteiger partial charge in [0, 0.05) is 26.2 Å². The van der Waals surface area contributed by atoms with Gasteiger partial charge in [0.1, 0.15) is 11.9 Å². The maximum absolute atomic E-state index is 13.0. The maximum Gasteiger partial charge on any atom is 0.312 e. The standard InChI is InChI=1S/C16H23FN4O4S/c1-11(2)14(19-16(18)23)15(22)20-7-9-21(10-8-20)26(24,25)13-5-3-12(17)4-6-13/h3-6,11,14H,7-10H2,1-2H3,(H3,18,19,23). The number of primary amides is 1. The molecule has 3 amide bonds.